The number of alkyl halides is 3. The fourth-order valence-electron chi connectivity index (χ4n) is 4.58. The third-order valence-electron chi connectivity index (χ3n) is 6.84. The molecule has 1 fully saturated rings. The number of nitrogens with one attached hydrogen (secondary N) is 1. The molecule has 3 aromatic rings. The number of carbonyl (C=O) groups is 4. The summed E-state index contributed by atoms with van der Waals surface area (Å²) >= 11 is 0. The van der Waals surface area contributed by atoms with Crippen LogP contribution in [0.3, 0.4) is 0 Å². The zero-order chi connectivity index (χ0) is 31.9. The number of hydrogen-bond donors (Lipinski definition) is 2. The lowest BCUT2D eigenvalue weighted by Crippen LogP contribution is -2.56. The molecule has 2 aromatic carbocycles. The van der Waals surface area contributed by atoms with E-state index in [0.29, 0.717) is 5.56 Å². The number of carboxylic acid groups (broad SMARTS) is 1. The van der Waals surface area contributed by atoms with Crippen molar-refractivity contribution in [2.45, 2.75) is 32.0 Å². The first-order valence-corrected chi connectivity index (χ1v) is 13.8. The molecule has 44 heavy (non-hydrogen) atoms. The van der Waals surface area contributed by atoms with E-state index in [1.54, 1.807) is 37.3 Å². The van der Waals surface area contributed by atoms with Crippen LogP contribution in [0, 0.1) is 0 Å². The summed E-state index contributed by atoms with van der Waals surface area (Å²) in [6, 6.07) is 12.9. The molecule has 1 saturated heterocycles. The molecular formula is C30H30F3N5O6. The van der Waals surface area contributed by atoms with Gasteiger partial charge in [-0.05, 0) is 31.5 Å². The normalized spacial score (nSPS) is 14.1. The van der Waals surface area contributed by atoms with Crippen LogP contribution >= 0.6 is 0 Å². The van der Waals surface area contributed by atoms with Crippen LogP contribution in [0.5, 0.6) is 0 Å². The highest BCUT2D eigenvalue weighted by molar-refractivity contribution is 5.97. The van der Waals surface area contributed by atoms with Gasteiger partial charge in [-0.2, -0.15) is 13.2 Å². The summed E-state index contributed by atoms with van der Waals surface area (Å²) in [5, 5.41) is 11.8. The van der Waals surface area contributed by atoms with E-state index in [2.05, 4.69) is 15.3 Å². The molecule has 2 N–H and O–H groups in total. The van der Waals surface area contributed by atoms with Crippen LogP contribution in [-0.2, 0) is 20.5 Å². The lowest BCUT2D eigenvalue weighted by atomic mass is 10.1. The molecule has 0 spiro atoms. The molecule has 4 rings (SSSR count). The summed E-state index contributed by atoms with van der Waals surface area (Å²) < 4.78 is 45.3. The number of carbonyl (C=O) groups excluding carboxylic acids is 3. The van der Waals surface area contributed by atoms with Gasteiger partial charge < -0.3 is 25.0 Å². The van der Waals surface area contributed by atoms with Gasteiger partial charge in [-0.3, -0.25) is 14.4 Å². The number of benzene rings is 2. The average molecular weight is 614 g/mol. The van der Waals surface area contributed by atoms with Gasteiger partial charge in [-0.25, -0.2) is 14.8 Å². The summed E-state index contributed by atoms with van der Waals surface area (Å²) in [7, 11) is 0. The number of nitrogens with zero attached hydrogens (tertiary/aromatic N) is 4. The molecule has 1 aliphatic heterocycles. The first-order valence-electron chi connectivity index (χ1n) is 13.8. The van der Waals surface area contributed by atoms with Crippen LogP contribution < -0.4 is 5.32 Å². The molecule has 0 radical (unpaired) electrons. The van der Waals surface area contributed by atoms with Crippen molar-refractivity contribution in [2.24, 2.45) is 0 Å². The summed E-state index contributed by atoms with van der Waals surface area (Å²) in [6.45, 7) is 2.54. The Labute approximate surface area is 250 Å². The molecule has 14 heteroatoms. The SMILES string of the molecule is CCOC(=O)N1CCN(C(=O)C(CCC(=O)O)NC(=O)c2cc(-c3cccc(C(F)(F)F)c3)nc(-c3ccccc3)n2)CC1. The number of hydrogen-bond acceptors (Lipinski definition) is 7. The fraction of sp³-hybridized carbons (Fsp3) is 0.333. The van der Waals surface area contributed by atoms with Crippen LogP contribution in [0.1, 0.15) is 35.8 Å². The van der Waals surface area contributed by atoms with E-state index >= 15 is 0 Å². The molecule has 0 aliphatic carbocycles. The van der Waals surface area contributed by atoms with E-state index in [-0.39, 0.29) is 62.0 Å². The number of rotatable bonds is 9. The van der Waals surface area contributed by atoms with E-state index in [9.17, 15) is 37.5 Å². The molecule has 0 saturated carbocycles. The van der Waals surface area contributed by atoms with Gasteiger partial charge in [-0.1, -0.05) is 42.5 Å². The second-order valence-electron chi connectivity index (χ2n) is 9.88. The van der Waals surface area contributed by atoms with Crippen LogP contribution in [0.2, 0.25) is 0 Å². The quantitative estimate of drug-likeness (QED) is 0.368. The van der Waals surface area contributed by atoms with Crippen LogP contribution in [-0.4, -0.2) is 87.6 Å². The van der Waals surface area contributed by atoms with Crippen molar-refractivity contribution in [3.8, 4) is 22.6 Å². The van der Waals surface area contributed by atoms with Gasteiger partial charge in [0.15, 0.2) is 5.82 Å². The van der Waals surface area contributed by atoms with Gasteiger partial charge >= 0.3 is 18.2 Å². The maximum Gasteiger partial charge on any atom is 0.416 e. The van der Waals surface area contributed by atoms with Gasteiger partial charge in [-0.15, -0.1) is 0 Å². The number of ether oxygens (including phenoxy) is 1. The second-order valence-corrected chi connectivity index (χ2v) is 9.88. The highest BCUT2D eigenvalue weighted by Crippen LogP contribution is 2.32. The molecule has 1 aromatic heterocycles. The molecule has 0 bridgehead atoms. The number of halogens is 3. The van der Waals surface area contributed by atoms with Crippen molar-refractivity contribution >= 4 is 23.9 Å². The predicted molar refractivity (Wildman–Crippen MR) is 151 cm³/mol. The molecule has 2 heterocycles. The van der Waals surface area contributed by atoms with E-state index < -0.39 is 48.1 Å². The fourth-order valence-corrected chi connectivity index (χ4v) is 4.58. The first-order chi connectivity index (χ1) is 21.0. The summed E-state index contributed by atoms with van der Waals surface area (Å²) in [5.41, 5.74) is -0.506. The van der Waals surface area contributed by atoms with Gasteiger partial charge in [0.05, 0.1) is 17.9 Å². The smallest absolute Gasteiger partial charge is 0.416 e. The molecule has 1 unspecified atom stereocenters. The maximum absolute atomic E-state index is 13.5. The molecule has 11 nitrogen and oxygen atoms in total. The Bertz CT molecular complexity index is 1510. The first kappa shape index (κ1) is 31.9. The summed E-state index contributed by atoms with van der Waals surface area (Å²) in [6.07, 6.45) is -5.77. The molecule has 232 valence electrons. The Hall–Kier alpha value is -5.01. The van der Waals surface area contributed by atoms with Crippen molar-refractivity contribution in [2.75, 3.05) is 32.8 Å². The summed E-state index contributed by atoms with van der Waals surface area (Å²) in [5.74, 6) is -2.50. The minimum atomic E-state index is -4.61. The van der Waals surface area contributed by atoms with Crippen molar-refractivity contribution in [3.05, 3.63) is 71.9 Å². The van der Waals surface area contributed by atoms with Crippen LogP contribution in [0.25, 0.3) is 22.6 Å². The van der Waals surface area contributed by atoms with Crippen molar-refractivity contribution in [1.82, 2.24) is 25.1 Å². The Kier molecular flexibility index (Phi) is 10.1. The number of amides is 3. The minimum Gasteiger partial charge on any atom is -0.481 e. The summed E-state index contributed by atoms with van der Waals surface area (Å²) in [4.78, 5) is 61.9. The van der Waals surface area contributed by atoms with Crippen molar-refractivity contribution < 1.29 is 42.2 Å². The lowest BCUT2D eigenvalue weighted by Gasteiger charge is -2.35. The third-order valence-corrected chi connectivity index (χ3v) is 6.84. The maximum atomic E-state index is 13.5. The number of aliphatic carboxylic acids is 1. The number of carboxylic acids is 1. The van der Waals surface area contributed by atoms with E-state index in [1.165, 1.54) is 28.0 Å². The topological polar surface area (TPSA) is 142 Å². The van der Waals surface area contributed by atoms with Crippen LogP contribution in [0.15, 0.2) is 60.7 Å². The van der Waals surface area contributed by atoms with E-state index in [0.717, 1.165) is 12.1 Å². The highest BCUT2D eigenvalue weighted by atomic mass is 19.4. The van der Waals surface area contributed by atoms with Gasteiger partial charge in [0, 0.05) is 43.7 Å². The van der Waals surface area contributed by atoms with Gasteiger partial charge in [0.2, 0.25) is 5.91 Å². The Morgan fingerprint density at radius 3 is 2.23 bits per heavy atom. The van der Waals surface area contributed by atoms with Gasteiger partial charge in [0.1, 0.15) is 11.7 Å². The van der Waals surface area contributed by atoms with E-state index in [4.69, 9.17) is 4.74 Å². The largest absolute Gasteiger partial charge is 0.481 e. The van der Waals surface area contributed by atoms with E-state index in [1.807, 2.05) is 0 Å². The highest BCUT2D eigenvalue weighted by Gasteiger charge is 2.32. The number of piperazine rings is 1. The second kappa shape index (κ2) is 14.0. The van der Waals surface area contributed by atoms with Gasteiger partial charge in [0.25, 0.3) is 5.91 Å². The Morgan fingerprint density at radius 1 is 0.932 bits per heavy atom. The Morgan fingerprint density at radius 2 is 1.59 bits per heavy atom. The molecule has 3 amide bonds. The monoisotopic (exact) mass is 613 g/mol. The lowest BCUT2D eigenvalue weighted by molar-refractivity contribution is -0.139. The van der Waals surface area contributed by atoms with Crippen molar-refractivity contribution in [3.63, 3.8) is 0 Å². The molecule has 1 atom stereocenters. The standard InChI is InChI=1S/C30H30F3N5O6/c1-2-44-29(43)38-15-13-37(14-16-38)28(42)22(11-12-25(39)40)36-27(41)24-18-23(20-9-6-10-21(17-20)30(31,32)33)34-26(35-24)19-7-4-3-5-8-19/h3-10,17-18,22H,2,11-16H2,1H3,(H,36,41)(H,39,40). The zero-order valence-corrected chi connectivity index (χ0v) is 23.7. The Balaban J connectivity index is 1.63. The predicted octanol–water partition coefficient (Wildman–Crippen LogP) is 4.09. The zero-order valence-electron chi connectivity index (χ0n) is 23.7. The third kappa shape index (κ3) is 8.08. The minimum absolute atomic E-state index is 0.0404. The molecular weight excluding hydrogens is 583 g/mol. The average Bonchev–Trinajstić information content (AvgIpc) is 3.02. The van der Waals surface area contributed by atoms with Crippen LogP contribution in [0.4, 0.5) is 18.0 Å². The molecule has 1 aliphatic rings. The number of aromatic nitrogens is 2. The van der Waals surface area contributed by atoms with Crippen molar-refractivity contribution in [1.29, 1.82) is 0 Å².